The molecule has 0 amide bonds. The molecule has 0 bridgehead atoms. The van der Waals surface area contributed by atoms with Gasteiger partial charge in [-0.15, -0.1) is 0 Å². The van der Waals surface area contributed by atoms with Gasteiger partial charge in [0.05, 0.1) is 5.60 Å². The van der Waals surface area contributed by atoms with E-state index in [1.165, 1.54) is 44.9 Å². The Morgan fingerprint density at radius 1 is 1.21 bits per heavy atom. The Morgan fingerprint density at radius 3 is 2.63 bits per heavy atom. The highest BCUT2D eigenvalue weighted by Crippen LogP contribution is 2.33. The summed E-state index contributed by atoms with van der Waals surface area (Å²) in [5, 5.41) is 3.76. The van der Waals surface area contributed by atoms with E-state index in [4.69, 9.17) is 9.47 Å². The highest BCUT2D eigenvalue weighted by atomic mass is 16.5. The maximum Gasteiger partial charge on any atom is 0.0806 e. The molecule has 112 valence electrons. The monoisotopic (exact) mass is 269 g/mol. The van der Waals surface area contributed by atoms with Crippen LogP contribution < -0.4 is 5.32 Å². The van der Waals surface area contributed by atoms with Crippen molar-refractivity contribution in [2.45, 2.75) is 70.4 Å². The van der Waals surface area contributed by atoms with Crippen molar-refractivity contribution in [1.82, 2.24) is 5.32 Å². The molecule has 2 saturated heterocycles. The first-order valence-corrected chi connectivity index (χ1v) is 8.19. The Balaban J connectivity index is 1.93. The molecule has 3 nitrogen and oxygen atoms in total. The molecule has 2 unspecified atom stereocenters. The molecule has 0 aromatic rings. The fourth-order valence-electron chi connectivity index (χ4n) is 3.41. The fourth-order valence-corrected chi connectivity index (χ4v) is 3.41. The van der Waals surface area contributed by atoms with Crippen LogP contribution in [0.5, 0.6) is 0 Å². The van der Waals surface area contributed by atoms with E-state index >= 15 is 0 Å². The summed E-state index contributed by atoms with van der Waals surface area (Å²) in [4.78, 5) is 0. The molecule has 19 heavy (non-hydrogen) atoms. The average Bonchev–Trinajstić information content (AvgIpc) is 2.45. The largest absolute Gasteiger partial charge is 0.381 e. The zero-order valence-corrected chi connectivity index (χ0v) is 12.7. The number of nitrogens with one attached hydrogen (secondary N) is 1. The summed E-state index contributed by atoms with van der Waals surface area (Å²) in [7, 11) is 0. The van der Waals surface area contributed by atoms with Gasteiger partial charge in [-0.05, 0) is 64.3 Å². The van der Waals surface area contributed by atoms with Gasteiger partial charge in [-0.3, -0.25) is 0 Å². The maximum absolute atomic E-state index is 6.17. The second-order valence-electron chi connectivity index (χ2n) is 6.42. The van der Waals surface area contributed by atoms with Crippen LogP contribution in [0, 0.1) is 5.92 Å². The number of hydrogen-bond donors (Lipinski definition) is 1. The summed E-state index contributed by atoms with van der Waals surface area (Å²) >= 11 is 0. The van der Waals surface area contributed by atoms with Gasteiger partial charge in [-0.1, -0.05) is 6.92 Å². The molecule has 2 heterocycles. The lowest BCUT2D eigenvalue weighted by molar-refractivity contribution is -0.0950. The quantitative estimate of drug-likeness (QED) is 0.803. The lowest BCUT2D eigenvalue weighted by atomic mass is 9.81. The summed E-state index contributed by atoms with van der Waals surface area (Å²) in [5.74, 6) is 0.811. The lowest BCUT2D eigenvalue weighted by Crippen LogP contribution is -2.53. The highest BCUT2D eigenvalue weighted by molar-refractivity contribution is 4.93. The first kappa shape index (κ1) is 15.3. The van der Waals surface area contributed by atoms with Gasteiger partial charge in [0.25, 0.3) is 0 Å². The molecule has 0 aromatic heterocycles. The third-order valence-electron chi connectivity index (χ3n) is 4.79. The van der Waals surface area contributed by atoms with Crippen molar-refractivity contribution in [1.29, 1.82) is 0 Å². The first-order chi connectivity index (χ1) is 9.24. The van der Waals surface area contributed by atoms with Gasteiger partial charge < -0.3 is 14.8 Å². The predicted octanol–water partition coefficient (Wildman–Crippen LogP) is 3.13. The minimum absolute atomic E-state index is 0.0473. The van der Waals surface area contributed by atoms with Crippen LogP contribution in [0.2, 0.25) is 0 Å². The predicted molar refractivity (Wildman–Crippen MR) is 78.4 cm³/mol. The van der Waals surface area contributed by atoms with Crippen molar-refractivity contribution in [3.8, 4) is 0 Å². The summed E-state index contributed by atoms with van der Waals surface area (Å²) in [6, 6.07) is 0.510. The molecule has 2 fully saturated rings. The van der Waals surface area contributed by atoms with Gasteiger partial charge in [0.1, 0.15) is 0 Å². The SMILES string of the molecule is CCCNC(CC1CCOCC1)C1(C)CCCCO1. The van der Waals surface area contributed by atoms with Crippen LogP contribution in [0.25, 0.3) is 0 Å². The minimum Gasteiger partial charge on any atom is -0.381 e. The van der Waals surface area contributed by atoms with Crippen LogP contribution in [0.3, 0.4) is 0 Å². The minimum atomic E-state index is 0.0473. The smallest absolute Gasteiger partial charge is 0.0806 e. The van der Waals surface area contributed by atoms with Crippen molar-refractivity contribution < 1.29 is 9.47 Å². The van der Waals surface area contributed by atoms with Gasteiger partial charge in [-0.25, -0.2) is 0 Å². The van der Waals surface area contributed by atoms with E-state index in [1.54, 1.807) is 0 Å². The fraction of sp³-hybridized carbons (Fsp3) is 1.00. The van der Waals surface area contributed by atoms with Crippen LogP contribution in [0.1, 0.15) is 58.8 Å². The van der Waals surface area contributed by atoms with Crippen LogP contribution in [0.4, 0.5) is 0 Å². The van der Waals surface area contributed by atoms with Crippen molar-refractivity contribution in [3.05, 3.63) is 0 Å². The second-order valence-corrected chi connectivity index (χ2v) is 6.42. The molecule has 0 aromatic carbocycles. The van der Waals surface area contributed by atoms with E-state index in [1.807, 2.05) is 0 Å². The second kappa shape index (κ2) is 7.61. The maximum atomic E-state index is 6.17. The standard InChI is InChI=1S/C16H31NO2/c1-3-9-17-15(13-14-6-11-18-12-7-14)16(2)8-4-5-10-19-16/h14-15,17H,3-13H2,1-2H3. The third-order valence-corrected chi connectivity index (χ3v) is 4.79. The third kappa shape index (κ3) is 4.44. The van der Waals surface area contributed by atoms with Gasteiger partial charge in [-0.2, -0.15) is 0 Å². The molecule has 2 aliphatic heterocycles. The zero-order valence-electron chi connectivity index (χ0n) is 12.7. The highest BCUT2D eigenvalue weighted by Gasteiger charge is 2.37. The van der Waals surface area contributed by atoms with Gasteiger partial charge >= 0.3 is 0 Å². The Bertz CT molecular complexity index is 245. The number of rotatable bonds is 6. The van der Waals surface area contributed by atoms with Crippen LogP contribution in [-0.4, -0.2) is 38.0 Å². The molecule has 0 radical (unpaired) electrons. The molecule has 2 atom stereocenters. The first-order valence-electron chi connectivity index (χ1n) is 8.19. The summed E-state index contributed by atoms with van der Waals surface area (Å²) in [5.41, 5.74) is 0.0473. The normalized spacial score (nSPS) is 31.3. The topological polar surface area (TPSA) is 30.5 Å². The Labute approximate surface area is 118 Å². The van der Waals surface area contributed by atoms with E-state index in [-0.39, 0.29) is 5.60 Å². The van der Waals surface area contributed by atoms with Crippen molar-refractivity contribution in [2.75, 3.05) is 26.4 Å². The van der Waals surface area contributed by atoms with Gasteiger partial charge in [0.15, 0.2) is 0 Å². The van der Waals surface area contributed by atoms with Crippen LogP contribution in [0.15, 0.2) is 0 Å². The molecule has 0 spiro atoms. The van der Waals surface area contributed by atoms with E-state index in [2.05, 4.69) is 19.2 Å². The lowest BCUT2D eigenvalue weighted by Gasteiger charge is -2.43. The van der Waals surface area contributed by atoms with Crippen molar-refractivity contribution >= 4 is 0 Å². The van der Waals surface area contributed by atoms with Crippen molar-refractivity contribution in [3.63, 3.8) is 0 Å². The summed E-state index contributed by atoms with van der Waals surface area (Å²) in [6.45, 7) is 8.49. The zero-order chi connectivity index (χ0) is 13.6. The van der Waals surface area contributed by atoms with Crippen LogP contribution in [-0.2, 0) is 9.47 Å². The average molecular weight is 269 g/mol. The Morgan fingerprint density at radius 2 is 2.00 bits per heavy atom. The van der Waals surface area contributed by atoms with E-state index in [9.17, 15) is 0 Å². The molecule has 3 heteroatoms. The summed E-state index contributed by atoms with van der Waals surface area (Å²) < 4.78 is 11.7. The number of hydrogen-bond acceptors (Lipinski definition) is 3. The van der Waals surface area contributed by atoms with E-state index in [0.717, 1.165) is 32.3 Å². The Hall–Kier alpha value is -0.120. The van der Waals surface area contributed by atoms with E-state index in [0.29, 0.717) is 6.04 Å². The van der Waals surface area contributed by atoms with Gasteiger partial charge in [0, 0.05) is 25.9 Å². The molecular formula is C16H31NO2. The number of ether oxygens (including phenoxy) is 2. The summed E-state index contributed by atoms with van der Waals surface area (Å²) in [6.07, 6.45) is 8.64. The molecule has 2 rings (SSSR count). The van der Waals surface area contributed by atoms with Crippen molar-refractivity contribution in [2.24, 2.45) is 5.92 Å². The molecule has 0 saturated carbocycles. The van der Waals surface area contributed by atoms with Crippen LogP contribution >= 0.6 is 0 Å². The molecule has 2 aliphatic rings. The molecule has 1 N–H and O–H groups in total. The molecule has 0 aliphatic carbocycles. The van der Waals surface area contributed by atoms with Gasteiger partial charge in [0.2, 0.25) is 0 Å². The van der Waals surface area contributed by atoms with E-state index < -0.39 is 0 Å². The Kier molecular flexibility index (Phi) is 6.11. The molecular weight excluding hydrogens is 238 g/mol.